The van der Waals surface area contributed by atoms with Crippen molar-refractivity contribution in [1.82, 2.24) is 4.57 Å². The number of aliphatic imine (C=N–C) groups is 1. The van der Waals surface area contributed by atoms with E-state index in [0.717, 1.165) is 32.8 Å². The van der Waals surface area contributed by atoms with Gasteiger partial charge in [-0.3, -0.25) is 4.99 Å². The van der Waals surface area contributed by atoms with Crippen molar-refractivity contribution in [3.05, 3.63) is 76.0 Å². The van der Waals surface area contributed by atoms with E-state index in [-0.39, 0.29) is 4.90 Å². The molecule has 0 atom stereocenters. The van der Waals surface area contributed by atoms with E-state index in [1.54, 1.807) is 12.1 Å². The normalized spacial score (nSPS) is 12.0. The molecule has 0 fully saturated rings. The molecule has 1 heterocycles. The first-order valence-corrected chi connectivity index (χ1v) is 10.2. The van der Waals surface area contributed by atoms with Crippen molar-refractivity contribution in [2.75, 3.05) is 0 Å². The fraction of sp³-hybridized carbons (Fsp3) is 0.105. The molecule has 0 amide bonds. The highest BCUT2D eigenvalue weighted by Crippen LogP contribution is 2.22. The highest BCUT2D eigenvalue weighted by molar-refractivity contribution is 9.10. The highest BCUT2D eigenvalue weighted by Gasteiger charge is 2.11. The Hall–Kier alpha value is -2.22. The molecule has 134 valence electrons. The Labute approximate surface area is 161 Å². The predicted molar refractivity (Wildman–Crippen MR) is 108 cm³/mol. The lowest BCUT2D eigenvalue weighted by atomic mass is 10.2. The molecule has 0 saturated heterocycles. The molecule has 0 spiro atoms. The van der Waals surface area contributed by atoms with Gasteiger partial charge in [0.2, 0.25) is 10.0 Å². The first kappa shape index (κ1) is 18.6. The van der Waals surface area contributed by atoms with Crippen LogP contribution in [0.2, 0.25) is 0 Å². The summed E-state index contributed by atoms with van der Waals surface area (Å²) in [7, 11) is -3.69. The van der Waals surface area contributed by atoms with Crippen molar-refractivity contribution >= 4 is 37.9 Å². The van der Waals surface area contributed by atoms with Crippen LogP contribution in [0.25, 0.3) is 5.69 Å². The molecule has 0 unspecified atom stereocenters. The second-order valence-corrected chi connectivity index (χ2v) is 8.41. The monoisotopic (exact) mass is 431 g/mol. The Balaban J connectivity index is 1.94. The van der Waals surface area contributed by atoms with E-state index in [9.17, 15) is 8.42 Å². The van der Waals surface area contributed by atoms with Gasteiger partial charge in [-0.15, -0.1) is 0 Å². The van der Waals surface area contributed by atoms with Gasteiger partial charge in [-0.2, -0.15) is 0 Å². The molecule has 2 aromatic carbocycles. The maximum Gasteiger partial charge on any atom is 0.238 e. The number of aryl methyl sites for hydroxylation is 1. The van der Waals surface area contributed by atoms with Crippen LogP contribution in [0, 0.1) is 13.8 Å². The fourth-order valence-corrected chi connectivity index (χ4v) is 3.55. The summed E-state index contributed by atoms with van der Waals surface area (Å²) in [6.07, 6.45) is 1.83. The summed E-state index contributed by atoms with van der Waals surface area (Å²) in [6.45, 7) is 4.00. The Morgan fingerprint density at radius 2 is 1.65 bits per heavy atom. The number of aromatic nitrogens is 1. The van der Waals surface area contributed by atoms with E-state index in [0.29, 0.717) is 0 Å². The van der Waals surface area contributed by atoms with Crippen molar-refractivity contribution < 1.29 is 8.42 Å². The number of primary sulfonamides is 1. The summed E-state index contributed by atoms with van der Waals surface area (Å²) in [5.74, 6) is 0. The molecular weight excluding hydrogens is 414 g/mol. The summed E-state index contributed by atoms with van der Waals surface area (Å²) >= 11 is 3.41. The van der Waals surface area contributed by atoms with Crippen LogP contribution in [0.3, 0.4) is 0 Å². The number of nitrogens with two attached hydrogens (primary N) is 1. The third-order valence-electron chi connectivity index (χ3n) is 4.07. The van der Waals surface area contributed by atoms with E-state index in [1.165, 1.54) is 12.1 Å². The van der Waals surface area contributed by atoms with E-state index in [2.05, 4.69) is 25.5 Å². The molecule has 3 aromatic rings. The summed E-state index contributed by atoms with van der Waals surface area (Å²) < 4.78 is 25.9. The zero-order chi connectivity index (χ0) is 18.9. The minimum absolute atomic E-state index is 0.0979. The first-order chi connectivity index (χ1) is 12.3. The summed E-state index contributed by atoms with van der Waals surface area (Å²) in [5, 5.41) is 5.16. The number of nitrogens with zero attached hydrogens (tertiary/aromatic N) is 2. The van der Waals surface area contributed by atoms with Gasteiger partial charge in [0.15, 0.2) is 0 Å². The molecule has 0 aliphatic heterocycles. The Morgan fingerprint density at radius 3 is 2.23 bits per heavy atom. The summed E-state index contributed by atoms with van der Waals surface area (Å²) in [6, 6.07) is 16.3. The van der Waals surface area contributed by atoms with E-state index >= 15 is 0 Å². The number of sulfonamides is 1. The van der Waals surface area contributed by atoms with Crippen molar-refractivity contribution in [2.24, 2.45) is 10.1 Å². The first-order valence-electron chi connectivity index (χ1n) is 7.87. The zero-order valence-electron chi connectivity index (χ0n) is 14.3. The highest BCUT2D eigenvalue weighted by atomic mass is 79.9. The molecule has 7 heteroatoms. The van der Waals surface area contributed by atoms with Crippen LogP contribution in [-0.4, -0.2) is 19.2 Å². The van der Waals surface area contributed by atoms with Gasteiger partial charge >= 0.3 is 0 Å². The Bertz CT molecular complexity index is 1070. The summed E-state index contributed by atoms with van der Waals surface area (Å²) in [5.41, 5.74) is 4.79. The van der Waals surface area contributed by atoms with Crippen molar-refractivity contribution in [1.29, 1.82) is 0 Å². The second-order valence-electron chi connectivity index (χ2n) is 5.94. The van der Waals surface area contributed by atoms with E-state index in [4.69, 9.17) is 5.14 Å². The van der Waals surface area contributed by atoms with Crippen molar-refractivity contribution in [3.8, 4) is 5.69 Å². The van der Waals surface area contributed by atoms with Gasteiger partial charge in [0.05, 0.1) is 10.6 Å². The number of rotatable bonds is 4. The van der Waals surface area contributed by atoms with Gasteiger partial charge in [0.25, 0.3) is 0 Å². The average molecular weight is 432 g/mol. The summed E-state index contributed by atoms with van der Waals surface area (Å²) in [4.78, 5) is 4.62. The average Bonchev–Trinajstić information content (AvgIpc) is 2.87. The van der Waals surface area contributed by atoms with Crippen molar-refractivity contribution in [3.63, 3.8) is 0 Å². The molecule has 0 aliphatic rings. The van der Waals surface area contributed by atoms with Crippen molar-refractivity contribution in [2.45, 2.75) is 18.7 Å². The van der Waals surface area contributed by atoms with Gasteiger partial charge in [-0.05, 0) is 68.4 Å². The Morgan fingerprint density at radius 1 is 1.04 bits per heavy atom. The van der Waals surface area contributed by atoms with Crippen LogP contribution in [0.15, 0.2) is 69.0 Å². The lowest BCUT2D eigenvalue weighted by Crippen LogP contribution is -2.12. The maximum atomic E-state index is 11.4. The number of halogens is 1. The smallest absolute Gasteiger partial charge is 0.238 e. The van der Waals surface area contributed by atoms with Gasteiger partial charge in [0.1, 0.15) is 0 Å². The lowest BCUT2D eigenvalue weighted by molar-refractivity contribution is 0.598. The SMILES string of the molecule is Cc1cc(C=Nc2ccc(Br)cc2)c(C)n1-c1ccc(S(N)(=O)=O)cc1. The minimum atomic E-state index is -3.69. The number of hydrogen-bond donors (Lipinski definition) is 1. The third-order valence-corrected chi connectivity index (χ3v) is 5.53. The minimum Gasteiger partial charge on any atom is -0.318 e. The van der Waals surface area contributed by atoms with Crippen LogP contribution in [-0.2, 0) is 10.0 Å². The van der Waals surface area contributed by atoms with E-state index < -0.39 is 10.0 Å². The molecule has 5 nitrogen and oxygen atoms in total. The predicted octanol–water partition coefficient (Wildman–Crippen LogP) is 4.25. The molecule has 3 rings (SSSR count). The second kappa shape index (κ2) is 7.19. The topological polar surface area (TPSA) is 77.5 Å². The molecule has 1 aromatic heterocycles. The van der Waals surface area contributed by atoms with Gasteiger partial charge < -0.3 is 4.57 Å². The van der Waals surface area contributed by atoms with Crippen LogP contribution >= 0.6 is 15.9 Å². The van der Waals surface area contributed by atoms with Crippen LogP contribution in [0.1, 0.15) is 17.0 Å². The van der Waals surface area contributed by atoms with Crippen LogP contribution < -0.4 is 5.14 Å². The van der Waals surface area contributed by atoms with E-state index in [1.807, 2.05) is 50.4 Å². The van der Waals surface area contributed by atoms with Gasteiger partial charge in [0, 0.05) is 33.3 Å². The third kappa shape index (κ3) is 3.95. The van der Waals surface area contributed by atoms with Crippen LogP contribution in [0.4, 0.5) is 5.69 Å². The standard InChI is InChI=1S/C19H18BrN3O2S/c1-13-11-15(12-22-17-5-3-16(20)4-6-17)14(2)23(13)18-7-9-19(10-8-18)26(21,24)25/h3-12H,1-2H3,(H2,21,24,25). The molecule has 0 radical (unpaired) electrons. The van der Waals surface area contributed by atoms with Gasteiger partial charge in [-0.1, -0.05) is 15.9 Å². The largest absolute Gasteiger partial charge is 0.318 e. The molecule has 26 heavy (non-hydrogen) atoms. The molecule has 0 saturated carbocycles. The Kier molecular flexibility index (Phi) is 5.13. The molecule has 2 N–H and O–H groups in total. The van der Waals surface area contributed by atoms with Crippen LogP contribution in [0.5, 0.6) is 0 Å². The zero-order valence-corrected chi connectivity index (χ0v) is 16.8. The molecule has 0 aliphatic carbocycles. The quantitative estimate of drug-likeness (QED) is 0.626. The number of benzene rings is 2. The van der Waals surface area contributed by atoms with Gasteiger partial charge in [-0.25, -0.2) is 13.6 Å². The molecular formula is C19H18BrN3O2S. The number of hydrogen-bond acceptors (Lipinski definition) is 3. The lowest BCUT2D eigenvalue weighted by Gasteiger charge is -2.10. The maximum absolute atomic E-state index is 11.4. The fourth-order valence-electron chi connectivity index (χ4n) is 2.77. The molecule has 0 bridgehead atoms.